The Bertz CT molecular complexity index is 1430. The van der Waals surface area contributed by atoms with Crippen LogP contribution in [-0.4, -0.2) is 51.2 Å². The molecule has 1 unspecified atom stereocenters. The van der Waals surface area contributed by atoms with Gasteiger partial charge < -0.3 is 35.1 Å². The summed E-state index contributed by atoms with van der Waals surface area (Å²) in [5.74, 6) is 0.794. The normalized spacial score (nSPS) is 13.2. The van der Waals surface area contributed by atoms with Gasteiger partial charge in [-0.05, 0) is 53.6 Å². The molecule has 12 heteroatoms. The zero-order valence-corrected chi connectivity index (χ0v) is 21.0. The van der Waals surface area contributed by atoms with E-state index in [2.05, 4.69) is 4.72 Å². The Kier molecular flexibility index (Phi) is 7.32. The molecule has 3 aromatic carbocycles. The van der Waals surface area contributed by atoms with E-state index in [-0.39, 0.29) is 31.2 Å². The van der Waals surface area contributed by atoms with Crippen LogP contribution < -0.4 is 29.6 Å². The number of hydrogen-bond acceptors (Lipinski definition) is 9. The Morgan fingerprint density at radius 2 is 1.89 bits per heavy atom. The first kappa shape index (κ1) is 25.9. The molecule has 11 nitrogen and oxygen atoms in total. The first-order chi connectivity index (χ1) is 17.5. The number of aliphatic hydroxyl groups excluding tert-OH is 1. The number of nitrogens with zero attached hydrogens (tertiary/aromatic N) is 1. The van der Waals surface area contributed by atoms with E-state index in [0.717, 1.165) is 6.26 Å². The molecule has 0 aliphatic carbocycles. The zero-order valence-electron chi connectivity index (χ0n) is 20.2. The number of aliphatic hydroxyl groups is 1. The fraction of sp³-hybridized carbons (Fsp3) is 0.240. The molecule has 1 atom stereocenters. The van der Waals surface area contributed by atoms with Crippen molar-refractivity contribution in [3.05, 3.63) is 65.7 Å². The molecule has 0 spiro atoms. The third-order valence-electron chi connectivity index (χ3n) is 5.67. The maximum Gasteiger partial charge on any atom is 0.231 e. The summed E-state index contributed by atoms with van der Waals surface area (Å²) in [5, 5.41) is 21.3. The first-order valence-electron chi connectivity index (χ1n) is 11.1. The number of carbonyl (C=O) groups excluding carboxylic acids is 1. The van der Waals surface area contributed by atoms with Crippen LogP contribution >= 0.6 is 0 Å². The highest BCUT2D eigenvalue weighted by Crippen LogP contribution is 2.40. The maximum absolute atomic E-state index is 11.9. The lowest BCUT2D eigenvalue weighted by Crippen LogP contribution is -2.26. The molecule has 1 heterocycles. The van der Waals surface area contributed by atoms with E-state index in [1.165, 1.54) is 25.3 Å². The molecular formula is C25H27N3O8S. The van der Waals surface area contributed by atoms with Crippen LogP contribution in [0.25, 0.3) is 0 Å². The van der Waals surface area contributed by atoms with E-state index in [9.17, 15) is 23.4 Å². The highest BCUT2D eigenvalue weighted by molar-refractivity contribution is 7.92. The average molecular weight is 530 g/mol. The second kappa shape index (κ2) is 10.4. The van der Waals surface area contributed by atoms with Gasteiger partial charge in [0.15, 0.2) is 11.5 Å². The number of hydrogen-bond donors (Lipinski definition) is 4. The largest absolute Gasteiger partial charge is 0.506 e. The fourth-order valence-corrected chi connectivity index (χ4v) is 4.56. The van der Waals surface area contributed by atoms with E-state index < -0.39 is 22.0 Å². The molecule has 1 amide bonds. The number of amides is 1. The van der Waals surface area contributed by atoms with Crippen LogP contribution in [-0.2, 0) is 21.2 Å². The standard InChI is InChI=1S/C25H27N3O8S/c1-34-18-5-6-20(16(9-18)11-25(26)31)28(17-4-8-23-24(12-17)36-14-35-23)13-22(30)15-3-7-21(29)19(10-15)27-37(2,32)33/h3-10,12,22,27,29-30H,11,13-14H2,1-2H3,(H2,26,31). The van der Waals surface area contributed by atoms with Crippen LogP contribution in [0.3, 0.4) is 0 Å². The number of benzene rings is 3. The Hall–Kier alpha value is -4.16. The smallest absolute Gasteiger partial charge is 0.231 e. The van der Waals surface area contributed by atoms with Gasteiger partial charge >= 0.3 is 0 Å². The third kappa shape index (κ3) is 6.16. The Morgan fingerprint density at radius 1 is 1.14 bits per heavy atom. The highest BCUT2D eigenvalue weighted by atomic mass is 32.2. The van der Waals surface area contributed by atoms with E-state index in [0.29, 0.717) is 39.8 Å². The topological polar surface area (TPSA) is 161 Å². The molecule has 0 fully saturated rings. The van der Waals surface area contributed by atoms with Crippen LogP contribution in [0.15, 0.2) is 54.6 Å². The Labute approximate surface area is 214 Å². The lowest BCUT2D eigenvalue weighted by atomic mass is 10.0. The molecule has 1 aliphatic rings. The van der Waals surface area contributed by atoms with Gasteiger partial charge in [0.25, 0.3) is 0 Å². The number of phenols is 1. The van der Waals surface area contributed by atoms with E-state index in [4.69, 9.17) is 19.9 Å². The number of anilines is 3. The van der Waals surface area contributed by atoms with Crippen molar-refractivity contribution in [2.24, 2.45) is 5.73 Å². The van der Waals surface area contributed by atoms with Crippen molar-refractivity contribution in [2.45, 2.75) is 12.5 Å². The van der Waals surface area contributed by atoms with Crippen molar-refractivity contribution in [2.75, 3.05) is 36.3 Å². The minimum absolute atomic E-state index is 0.0131. The van der Waals surface area contributed by atoms with Gasteiger partial charge in [-0.2, -0.15) is 0 Å². The van der Waals surface area contributed by atoms with Crippen LogP contribution in [0.4, 0.5) is 17.1 Å². The number of primary amides is 1. The maximum atomic E-state index is 11.9. The summed E-state index contributed by atoms with van der Waals surface area (Å²) in [5.41, 5.74) is 7.58. The van der Waals surface area contributed by atoms with Crippen molar-refractivity contribution in [3.8, 4) is 23.0 Å². The van der Waals surface area contributed by atoms with E-state index in [1.54, 1.807) is 41.3 Å². The van der Waals surface area contributed by atoms with Crippen molar-refractivity contribution in [1.82, 2.24) is 0 Å². The number of sulfonamides is 1. The quantitative estimate of drug-likeness (QED) is 0.289. The summed E-state index contributed by atoms with van der Waals surface area (Å²) in [6.45, 7) is 0.0708. The summed E-state index contributed by atoms with van der Waals surface area (Å²) < 4.78 is 41.9. The number of fused-ring (bicyclic) bond motifs is 1. The van der Waals surface area contributed by atoms with Crippen LogP contribution in [0.1, 0.15) is 17.2 Å². The Balaban J connectivity index is 1.76. The van der Waals surface area contributed by atoms with Crippen molar-refractivity contribution >= 4 is 33.0 Å². The number of phenolic OH excluding ortho intramolecular Hbond substituents is 1. The molecule has 5 N–H and O–H groups in total. The highest BCUT2D eigenvalue weighted by Gasteiger charge is 2.23. The van der Waals surface area contributed by atoms with Crippen LogP contribution in [0.2, 0.25) is 0 Å². The number of nitrogens with one attached hydrogen (secondary N) is 1. The van der Waals surface area contributed by atoms with Crippen molar-refractivity contribution < 1.29 is 37.6 Å². The van der Waals surface area contributed by atoms with Gasteiger partial charge in [-0.1, -0.05) is 6.07 Å². The molecule has 0 aromatic heterocycles. The van der Waals surface area contributed by atoms with Crippen molar-refractivity contribution in [3.63, 3.8) is 0 Å². The minimum atomic E-state index is -3.66. The van der Waals surface area contributed by atoms with Gasteiger partial charge in [0.2, 0.25) is 22.7 Å². The first-order valence-corrected chi connectivity index (χ1v) is 13.0. The van der Waals surface area contributed by atoms with Gasteiger partial charge in [-0.15, -0.1) is 0 Å². The van der Waals surface area contributed by atoms with Crippen LogP contribution in [0, 0.1) is 0 Å². The Morgan fingerprint density at radius 3 is 2.59 bits per heavy atom. The number of nitrogens with two attached hydrogens (primary N) is 1. The number of rotatable bonds is 10. The minimum Gasteiger partial charge on any atom is -0.506 e. The van der Waals surface area contributed by atoms with Gasteiger partial charge in [0.1, 0.15) is 11.5 Å². The SMILES string of the molecule is COc1ccc(N(CC(O)c2ccc(O)c(NS(C)(=O)=O)c2)c2ccc3c(c2)OCO3)c(CC(N)=O)c1. The second-order valence-corrected chi connectivity index (χ2v) is 10.2. The predicted octanol–water partition coefficient (Wildman–Crippen LogP) is 2.40. The molecule has 0 bridgehead atoms. The number of ether oxygens (including phenoxy) is 3. The zero-order chi connectivity index (χ0) is 26.7. The van der Waals surface area contributed by atoms with Gasteiger partial charge in [0.05, 0.1) is 38.1 Å². The fourth-order valence-electron chi connectivity index (χ4n) is 4.00. The number of aromatic hydroxyl groups is 1. The van der Waals surface area contributed by atoms with E-state index >= 15 is 0 Å². The third-order valence-corrected chi connectivity index (χ3v) is 6.26. The van der Waals surface area contributed by atoms with Crippen molar-refractivity contribution in [1.29, 1.82) is 0 Å². The van der Waals surface area contributed by atoms with Gasteiger partial charge in [0, 0.05) is 17.4 Å². The second-order valence-electron chi connectivity index (χ2n) is 8.45. The average Bonchev–Trinajstić information content (AvgIpc) is 3.30. The molecule has 4 rings (SSSR count). The van der Waals surface area contributed by atoms with Gasteiger partial charge in [-0.3, -0.25) is 9.52 Å². The molecule has 196 valence electrons. The molecule has 1 aliphatic heterocycles. The number of carbonyl (C=O) groups is 1. The summed E-state index contributed by atoms with van der Waals surface area (Å²) in [4.78, 5) is 13.6. The molecular weight excluding hydrogens is 502 g/mol. The van der Waals surface area contributed by atoms with Gasteiger partial charge in [-0.25, -0.2) is 8.42 Å². The summed E-state index contributed by atoms with van der Waals surface area (Å²) in [6.07, 6.45) is -0.263. The van der Waals surface area contributed by atoms with E-state index in [1.807, 2.05) is 0 Å². The summed E-state index contributed by atoms with van der Waals surface area (Å²) in [6, 6.07) is 14.6. The lowest BCUT2D eigenvalue weighted by Gasteiger charge is -2.30. The molecule has 0 radical (unpaired) electrons. The number of methoxy groups -OCH3 is 1. The molecule has 37 heavy (non-hydrogen) atoms. The summed E-state index contributed by atoms with van der Waals surface area (Å²) >= 11 is 0. The molecule has 0 saturated heterocycles. The molecule has 0 saturated carbocycles. The lowest BCUT2D eigenvalue weighted by molar-refractivity contribution is -0.117. The predicted molar refractivity (Wildman–Crippen MR) is 137 cm³/mol. The molecule has 3 aromatic rings. The monoisotopic (exact) mass is 529 g/mol. The van der Waals surface area contributed by atoms with Crippen LogP contribution in [0.5, 0.6) is 23.0 Å². The summed E-state index contributed by atoms with van der Waals surface area (Å²) in [7, 11) is -2.15.